The van der Waals surface area contributed by atoms with E-state index in [1.165, 1.54) is 7.11 Å². The highest BCUT2D eigenvalue weighted by Gasteiger charge is 2.11. The van der Waals surface area contributed by atoms with E-state index in [2.05, 4.69) is 21.2 Å². The Labute approximate surface area is 95.5 Å². The summed E-state index contributed by atoms with van der Waals surface area (Å²) < 4.78 is 5.69. The molecule has 76 valence electrons. The van der Waals surface area contributed by atoms with E-state index < -0.39 is 0 Å². The van der Waals surface area contributed by atoms with Crippen LogP contribution in [0, 0.1) is 0 Å². The van der Waals surface area contributed by atoms with Crippen LogP contribution in [0.5, 0.6) is 5.75 Å². The fourth-order valence-corrected chi connectivity index (χ4v) is 2.06. The Kier molecular flexibility index (Phi) is 3.77. The van der Waals surface area contributed by atoms with Crippen LogP contribution < -0.4 is 10.1 Å². The van der Waals surface area contributed by atoms with Crippen molar-refractivity contribution >= 4 is 33.4 Å². The topological polar surface area (TPSA) is 38.3 Å². The van der Waals surface area contributed by atoms with Crippen molar-refractivity contribution in [1.29, 1.82) is 0 Å². The van der Waals surface area contributed by atoms with Crippen LogP contribution in [0.4, 0.5) is 0 Å². The summed E-state index contributed by atoms with van der Waals surface area (Å²) in [5, 5.41) is 2.92. The number of hydrogen-bond donors (Lipinski definition) is 1. The fourth-order valence-electron chi connectivity index (χ4n) is 1.03. The van der Waals surface area contributed by atoms with Gasteiger partial charge in [0.05, 0.1) is 16.6 Å². The third-order valence-electron chi connectivity index (χ3n) is 1.69. The van der Waals surface area contributed by atoms with E-state index >= 15 is 0 Å². The van der Waals surface area contributed by atoms with Gasteiger partial charge in [0.2, 0.25) is 0 Å². The van der Waals surface area contributed by atoms with Crippen LogP contribution in [0.2, 0.25) is 5.02 Å². The number of hydrogen-bond acceptors (Lipinski definition) is 2. The molecule has 1 rings (SSSR count). The van der Waals surface area contributed by atoms with Crippen molar-refractivity contribution in [3.8, 4) is 5.75 Å². The van der Waals surface area contributed by atoms with E-state index in [0.717, 1.165) is 0 Å². The van der Waals surface area contributed by atoms with Gasteiger partial charge in [-0.3, -0.25) is 4.79 Å². The molecule has 1 N–H and O–H groups in total. The highest BCUT2D eigenvalue weighted by Crippen LogP contribution is 2.33. The van der Waals surface area contributed by atoms with Crippen LogP contribution in [0.15, 0.2) is 16.6 Å². The van der Waals surface area contributed by atoms with Crippen molar-refractivity contribution in [3.05, 3.63) is 27.2 Å². The number of carbonyl (C=O) groups excluding carboxylic acids is 1. The van der Waals surface area contributed by atoms with Crippen molar-refractivity contribution in [2.75, 3.05) is 14.2 Å². The molecule has 1 amide bonds. The van der Waals surface area contributed by atoms with Gasteiger partial charge in [-0.2, -0.15) is 0 Å². The zero-order chi connectivity index (χ0) is 10.7. The molecule has 0 atom stereocenters. The van der Waals surface area contributed by atoms with Crippen LogP contribution in [0.25, 0.3) is 0 Å². The van der Waals surface area contributed by atoms with Crippen LogP contribution in [-0.2, 0) is 0 Å². The zero-order valence-corrected chi connectivity index (χ0v) is 10.1. The second-order valence-electron chi connectivity index (χ2n) is 2.55. The molecule has 0 bridgehead atoms. The van der Waals surface area contributed by atoms with Gasteiger partial charge in [0.15, 0.2) is 5.75 Å². The number of carbonyl (C=O) groups is 1. The Morgan fingerprint density at radius 1 is 1.57 bits per heavy atom. The molecule has 1 aromatic carbocycles. The molecule has 0 fully saturated rings. The maximum atomic E-state index is 11.3. The molecule has 0 saturated carbocycles. The van der Waals surface area contributed by atoms with Crippen LogP contribution in [0.1, 0.15) is 10.4 Å². The molecule has 5 heteroatoms. The molecule has 3 nitrogen and oxygen atoms in total. The number of halogens is 2. The molecule has 14 heavy (non-hydrogen) atoms. The molecule has 0 saturated heterocycles. The van der Waals surface area contributed by atoms with Gasteiger partial charge >= 0.3 is 0 Å². The second-order valence-corrected chi connectivity index (χ2v) is 3.81. The number of nitrogens with one attached hydrogen (secondary N) is 1. The zero-order valence-electron chi connectivity index (χ0n) is 7.73. The Morgan fingerprint density at radius 2 is 2.21 bits per heavy atom. The number of rotatable bonds is 2. The Balaban J connectivity index is 3.20. The lowest BCUT2D eigenvalue weighted by molar-refractivity contribution is 0.0963. The predicted octanol–water partition coefficient (Wildman–Crippen LogP) is 2.47. The average Bonchev–Trinajstić information content (AvgIpc) is 2.16. The van der Waals surface area contributed by atoms with Gasteiger partial charge in [-0.15, -0.1) is 0 Å². The van der Waals surface area contributed by atoms with Gasteiger partial charge < -0.3 is 10.1 Å². The first-order chi connectivity index (χ1) is 6.60. The minimum absolute atomic E-state index is 0.185. The van der Waals surface area contributed by atoms with Crippen molar-refractivity contribution in [2.24, 2.45) is 0 Å². The number of amides is 1. The lowest BCUT2D eigenvalue weighted by Gasteiger charge is -2.07. The van der Waals surface area contributed by atoms with Crippen LogP contribution >= 0.6 is 27.5 Å². The van der Waals surface area contributed by atoms with Crippen molar-refractivity contribution in [1.82, 2.24) is 5.32 Å². The largest absolute Gasteiger partial charge is 0.494 e. The maximum Gasteiger partial charge on any atom is 0.251 e. The van der Waals surface area contributed by atoms with E-state index in [1.54, 1.807) is 19.2 Å². The van der Waals surface area contributed by atoms with E-state index in [-0.39, 0.29) is 5.91 Å². The average molecular weight is 279 g/mol. The molecular weight excluding hydrogens is 269 g/mol. The summed E-state index contributed by atoms with van der Waals surface area (Å²) in [6, 6.07) is 3.22. The number of ether oxygens (including phenoxy) is 1. The quantitative estimate of drug-likeness (QED) is 0.902. The molecule has 0 aromatic heterocycles. The molecule has 0 radical (unpaired) electrons. The van der Waals surface area contributed by atoms with Crippen molar-refractivity contribution in [3.63, 3.8) is 0 Å². The maximum absolute atomic E-state index is 11.3. The monoisotopic (exact) mass is 277 g/mol. The molecule has 0 spiro atoms. The smallest absolute Gasteiger partial charge is 0.251 e. The first kappa shape index (κ1) is 11.3. The van der Waals surface area contributed by atoms with E-state index in [1.807, 2.05) is 0 Å². The van der Waals surface area contributed by atoms with Crippen LogP contribution in [0.3, 0.4) is 0 Å². The van der Waals surface area contributed by atoms with E-state index in [4.69, 9.17) is 16.3 Å². The highest BCUT2D eigenvalue weighted by atomic mass is 79.9. The van der Waals surface area contributed by atoms with Crippen molar-refractivity contribution < 1.29 is 9.53 Å². The molecule has 0 aliphatic carbocycles. The van der Waals surface area contributed by atoms with Gasteiger partial charge in [-0.1, -0.05) is 11.6 Å². The molecule has 1 aromatic rings. The highest BCUT2D eigenvalue weighted by molar-refractivity contribution is 9.10. The lowest BCUT2D eigenvalue weighted by atomic mass is 10.2. The van der Waals surface area contributed by atoms with Gasteiger partial charge in [0, 0.05) is 12.6 Å². The molecule has 0 unspecified atom stereocenters. The minimum atomic E-state index is -0.185. The third kappa shape index (κ3) is 2.19. The summed E-state index contributed by atoms with van der Waals surface area (Å²) >= 11 is 9.17. The Hall–Kier alpha value is -0.740. The summed E-state index contributed by atoms with van der Waals surface area (Å²) in [6.07, 6.45) is 0. The SMILES string of the molecule is CNC(=O)c1cc(Cl)c(OC)c(Br)c1. The molecule has 0 aliphatic rings. The molecule has 0 aliphatic heterocycles. The first-order valence-electron chi connectivity index (χ1n) is 3.85. The Bertz CT molecular complexity index is 345. The summed E-state index contributed by atoms with van der Waals surface area (Å²) in [6.45, 7) is 0. The van der Waals surface area contributed by atoms with Gasteiger partial charge in [0.1, 0.15) is 0 Å². The molecule has 0 heterocycles. The van der Waals surface area contributed by atoms with E-state index in [0.29, 0.717) is 20.8 Å². The molecular formula is C9H9BrClNO2. The normalized spacial score (nSPS) is 9.71. The minimum Gasteiger partial charge on any atom is -0.494 e. The van der Waals surface area contributed by atoms with Gasteiger partial charge in [-0.05, 0) is 28.1 Å². The second kappa shape index (κ2) is 4.66. The van der Waals surface area contributed by atoms with Gasteiger partial charge in [0.25, 0.3) is 5.91 Å². The van der Waals surface area contributed by atoms with Gasteiger partial charge in [-0.25, -0.2) is 0 Å². The summed E-state index contributed by atoms with van der Waals surface area (Å²) in [5.74, 6) is 0.342. The van der Waals surface area contributed by atoms with Crippen LogP contribution in [-0.4, -0.2) is 20.1 Å². The lowest BCUT2D eigenvalue weighted by Crippen LogP contribution is -2.17. The number of methoxy groups -OCH3 is 1. The standard InChI is InChI=1S/C9H9BrClNO2/c1-12-9(13)5-3-6(10)8(14-2)7(11)4-5/h3-4H,1-2H3,(H,12,13). The first-order valence-corrected chi connectivity index (χ1v) is 5.02. The summed E-state index contributed by atoms with van der Waals surface area (Å²) in [5.41, 5.74) is 0.491. The van der Waals surface area contributed by atoms with Crippen molar-refractivity contribution in [2.45, 2.75) is 0 Å². The number of benzene rings is 1. The van der Waals surface area contributed by atoms with E-state index in [9.17, 15) is 4.79 Å². The fraction of sp³-hybridized carbons (Fsp3) is 0.222. The summed E-state index contributed by atoms with van der Waals surface area (Å²) in [4.78, 5) is 11.3. The third-order valence-corrected chi connectivity index (χ3v) is 2.56. The Morgan fingerprint density at radius 3 is 2.64 bits per heavy atom. The summed E-state index contributed by atoms with van der Waals surface area (Å²) in [7, 11) is 3.08. The predicted molar refractivity (Wildman–Crippen MR) is 59.1 cm³/mol.